The number of fused-ring (bicyclic) bond motifs is 6. The van der Waals surface area contributed by atoms with Crippen LogP contribution in [0.25, 0.3) is 100 Å². The van der Waals surface area contributed by atoms with Crippen molar-refractivity contribution in [2.75, 3.05) is 0 Å². The van der Waals surface area contributed by atoms with Crippen LogP contribution in [0.3, 0.4) is 0 Å². The summed E-state index contributed by atoms with van der Waals surface area (Å²) in [6, 6.07) is 55.8. The number of benzene rings is 7. The van der Waals surface area contributed by atoms with E-state index in [9.17, 15) is 0 Å². The zero-order valence-electron chi connectivity index (χ0n) is 26.7. The average molecular weight is 642 g/mol. The van der Waals surface area contributed by atoms with Crippen LogP contribution in [0.1, 0.15) is 0 Å². The highest BCUT2D eigenvalue weighted by atomic mass is 16.3. The molecular weight excluding hydrogens is 615 g/mol. The second kappa shape index (κ2) is 11.4. The van der Waals surface area contributed by atoms with Crippen LogP contribution >= 0.6 is 0 Å². The minimum absolute atomic E-state index is 0.582. The molecule has 0 radical (unpaired) electrons. The highest BCUT2D eigenvalue weighted by Gasteiger charge is 2.18. The largest absolute Gasteiger partial charge is 0.456 e. The fraction of sp³-hybridized carbons (Fsp3) is 0. The first-order valence-corrected chi connectivity index (χ1v) is 16.6. The van der Waals surface area contributed by atoms with Crippen LogP contribution in [-0.4, -0.2) is 15.0 Å². The number of nitrogens with zero attached hydrogens (tertiary/aromatic N) is 3. The summed E-state index contributed by atoms with van der Waals surface area (Å²) < 4.78 is 12.6. The fourth-order valence-electron chi connectivity index (χ4n) is 6.92. The topological polar surface area (TPSA) is 65.0 Å². The lowest BCUT2D eigenvalue weighted by molar-refractivity contribution is 0.669. The molecule has 0 bridgehead atoms. The van der Waals surface area contributed by atoms with Gasteiger partial charge in [-0.05, 0) is 64.7 Å². The molecule has 0 fully saturated rings. The number of hydrogen-bond acceptors (Lipinski definition) is 5. The van der Waals surface area contributed by atoms with Gasteiger partial charge in [-0.1, -0.05) is 121 Å². The summed E-state index contributed by atoms with van der Waals surface area (Å²) in [4.78, 5) is 15.0. The van der Waals surface area contributed by atoms with Gasteiger partial charge in [-0.25, -0.2) is 15.0 Å². The molecule has 3 aromatic heterocycles. The summed E-state index contributed by atoms with van der Waals surface area (Å²) in [6.45, 7) is 0. The van der Waals surface area contributed by atoms with Crippen molar-refractivity contribution < 1.29 is 8.83 Å². The number of aromatic nitrogens is 3. The Hall–Kier alpha value is -6.85. The highest BCUT2D eigenvalue weighted by Crippen LogP contribution is 2.40. The minimum Gasteiger partial charge on any atom is -0.456 e. The molecule has 0 aliphatic heterocycles. The van der Waals surface area contributed by atoms with E-state index < -0.39 is 0 Å². The molecule has 234 valence electrons. The molecule has 5 heteroatoms. The smallest absolute Gasteiger partial charge is 0.164 e. The third-order valence-corrected chi connectivity index (χ3v) is 9.34. The molecule has 0 N–H and O–H groups in total. The van der Waals surface area contributed by atoms with Gasteiger partial charge in [0.1, 0.15) is 22.3 Å². The third kappa shape index (κ3) is 4.75. The van der Waals surface area contributed by atoms with Gasteiger partial charge in [-0.15, -0.1) is 0 Å². The molecule has 10 aromatic rings. The van der Waals surface area contributed by atoms with Gasteiger partial charge in [0.2, 0.25) is 0 Å². The number of para-hydroxylation sites is 1. The van der Waals surface area contributed by atoms with Crippen LogP contribution in [-0.2, 0) is 0 Å². The number of hydrogen-bond donors (Lipinski definition) is 0. The summed E-state index contributed by atoms with van der Waals surface area (Å²) in [5, 5.41) is 4.31. The van der Waals surface area contributed by atoms with Crippen molar-refractivity contribution in [2.24, 2.45) is 0 Å². The molecule has 0 unspecified atom stereocenters. The van der Waals surface area contributed by atoms with E-state index in [0.29, 0.717) is 17.5 Å². The number of furan rings is 2. The van der Waals surface area contributed by atoms with E-state index >= 15 is 0 Å². The predicted molar refractivity (Wildman–Crippen MR) is 202 cm³/mol. The molecular formula is C45H27N3O2. The molecule has 0 atom stereocenters. The van der Waals surface area contributed by atoms with Crippen molar-refractivity contribution in [3.05, 3.63) is 164 Å². The molecule has 0 spiro atoms. The Labute approximate surface area is 287 Å². The lowest BCUT2D eigenvalue weighted by atomic mass is 9.97. The third-order valence-electron chi connectivity index (χ3n) is 9.34. The zero-order valence-corrected chi connectivity index (χ0v) is 26.7. The summed E-state index contributed by atoms with van der Waals surface area (Å²) in [5.41, 5.74) is 10.5. The molecule has 5 nitrogen and oxygen atoms in total. The van der Waals surface area contributed by atoms with Crippen molar-refractivity contribution in [1.82, 2.24) is 15.0 Å². The Morgan fingerprint density at radius 2 is 0.880 bits per heavy atom. The number of rotatable bonds is 5. The highest BCUT2D eigenvalue weighted by molar-refractivity contribution is 6.14. The van der Waals surface area contributed by atoms with Gasteiger partial charge in [0.05, 0.1) is 0 Å². The van der Waals surface area contributed by atoms with E-state index in [1.165, 1.54) is 0 Å². The molecule has 0 aliphatic rings. The van der Waals surface area contributed by atoms with Gasteiger partial charge in [-0.2, -0.15) is 0 Å². The van der Waals surface area contributed by atoms with Crippen LogP contribution in [0.2, 0.25) is 0 Å². The van der Waals surface area contributed by atoms with Crippen molar-refractivity contribution in [1.29, 1.82) is 0 Å². The maximum absolute atomic E-state index is 6.52. The van der Waals surface area contributed by atoms with E-state index in [1.807, 2.05) is 97.1 Å². The van der Waals surface area contributed by atoms with Gasteiger partial charge in [0.25, 0.3) is 0 Å². The lowest BCUT2D eigenvalue weighted by Gasteiger charge is -2.10. The van der Waals surface area contributed by atoms with E-state index in [4.69, 9.17) is 23.8 Å². The van der Waals surface area contributed by atoms with Crippen molar-refractivity contribution in [3.63, 3.8) is 0 Å². The molecule has 0 amide bonds. The van der Waals surface area contributed by atoms with E-state index in [1.54, 1.807) is 0 Å². The maximum atomic E-state index is 6.52. The average Bonchev–Trinajstić information content (AvgIpc) is 3.76. The Balaban J connectivity index is 1.11. The maximum Gasteiger partial charge on any atom is 0.164 e. The zero-order chi connectivity index (χ0) is 33.0. The van der Waals surface area contributed by atoms with Crippen LogP contribution in [0.4, 0.5) is 0 Å². The quantitative estimate of drug-likeness (QED) is 0.187. The Kier molecular flexibility index (Phi) is 6.42. The van der Waals surface area contributed by atoms with Crippen LogP contribution < -0.4 is 0 Å². The molecule has 3 heterocycles. The molecule has 7 aromatic carbocycles. The first-order valence-electron chi connectivity index (χ1n) is 16.6. The Morgan fingerprint density at radius 3 is 1.70 bits per heavy atom. The lowest BCUT2D eigenvalue weighted by Crippen LogP contribution is -2.00. The minimum atomic E-state index is 0.582. The van der Waals surface area contributed by atoms with Crippen molar-refractivity contribution in [2.45, 2.75) is 0 Å². The second-order valence-electron chi connectivity index (χ2n) is 12.4. The first-order chi connectivity index (χ1) is 24.7. The Morgan fingerprint density at radius 1 is 0.300 bits per heavy atom. The predicted octanol–water partition coefficient (Wildman–Crippen LogP) is 12.0. The van der Waals surface area contributed by atoms with Gasteiger partial charge in [0, 0.05) is 38.2 Å². The van der Waals surface area contributed by atoms with Gasteiger partial charge in [-0.3, -0.25) is 0 Å². The standard InChI is InChI=1S/C45H27N3O2/c1-3-11-28(12-4-1)30-15-9-16-32(25-30)44-46-43(29-13-5-2-6-14-29)47-45(48-44)33-21-23-36-41(27-33)50-40-20-10-18-34(42(36)40)31-22-24-39-37(26-31)35-17-7-8-19-38(35)49-39/h1-27H. The monoisotopic (exact) mass is 641 g/mol. The van der Waals surface area contributed by atoms with Gasteiger partial charge < -0.3 is 8.83 Å². The fourth-order valence-corrected chi connectivity index (χ4v) is 6.92. The van der Waals surface area contributed by atoms with E-state index in [-0.39, 0.29) is 0 Å². The summed E-state index contributed by atoms with van der Waals surface area (Å²) >= 11 is 0. The van der Waals surface area contributed by atoms with E-state index in [2.05, 4.69) is 66.7 Å². The van der Waals surface area contributed by atoms with Crippen LogP contribution in [0, 0.1) is 0 Å². The second-order valence-corrected chi connectivity index (χ2v) is 12.4. The summed E-state index contributed by atoms with van der Waals surface area (Å²) in [7, 11) is 0. The van der Waals surface area contributed by atoms with E-state index in [0.717, 1.165) is 82.8 Å². The molecule has 0 saturated heterocycles. The summed E-state index contributed by atoms with van der Waals surface area (Å²) in [6.07, 6.45) is 0. The van der Waals surface area contributed by atoms with Crippen LogP contribution in [0.5, 0.6) is 0 Å². The van der Waals surface area contributed by atoms with Gasteiger partial charge in [0.15, 0.2) is 17.5 Å². The SMILES string of the molecule is c1ccc(-c2cccc(-c3nc(-c4ccccc4)nc(-c4ccc5c(c4)oc4cccc(-c6ccc7oc8ccccc8c7c6)c45)n3)c2)cc1. The summed E-state index contributed by atoms with van der Waals surface area (Å²) in [5.74, 6) is 1.81. The molecule has 0 saturated carbocycles. The first kappa shape index (κ1) is 28.2. The van der Waals surface area contributed by atoms with Gasteiger partial charge >= 0.3 is 0 Å². The Bertz CT molecular complexity index is 2870. The van der Waals surface area contributed by atoms with Crippen LogP contribution in [0.15, 0.2) is 173 Å². The molecule has 50 heavy (non-hydrogen) atoms. The van der Waals surface area contributed by atoms with Crippen molar-refractivity contribution >= 4 is 43.9 Å². The van der Waals surface area contributed by atoms with Crippen molar-refractivity contribution in [3.8, 4) is 56.4 Å². The molecule has 10 rings (SSSR count). The molecule has 0 aliphatic carbocycles. The normalized spacial score (nSPS) is 11.6.